The number of carbonyl (C=O) groups is 2. The van der Waals surface area contributed by atoms with Gasteiger partial charge in [0.2, 0.25) is 10.0 Å². The van der Waals surface area contributed by atoms with E-state index >= 15 is 0 Å². The molecule has 0 bridgehead atoms. The SMILES string of the molecule is Cc1ccc(C(=O)N[C@H](Oc2ccc(C=O)cc2)C(Cl)(Cl)Cl)cc1. The fourth-order valence-corrected chi connectivity index (χ4v) is 2.14. The van der Waals surface area contributed by atoms with Crippen molar-refractivity contribution in [3.05, 3.63) is 65.2 Å². The van der Waals surface area contributed by atoms with Gasteiger partial charge in [-0.2, -0.15) is 0 Å². The van der Waals surface area contributed by atoms with E-state index in [0.29, 0.717) is 23.2 Å². The summed E-state index contributed by atoms with van der Waals surface area (Å²) in [6, 6.07) is 13.1. The minimum Gasteiger partial charge on any atom is -0.466 e. The van der Waals surface area contributed by atoms with Crippen LogP contribution in [0, 0.1) is 6.92 Å². The van der Waals surface area contributed by atoms with E-state index in [-0.39, 0.29) is 0 Å². The Labute approximate surface area is 154 Å². The molecule has 24 heavy (non-hydrogen) atoms. The highest BCUT2D eigenvalue weighted by molar-refractivity contribution is 6.68. The predicted octanol–water partition coefficient (Wildman–Crippen LogP) is 4.31. The van der Waals surface area contributed by atoms with Crippen LogP contribution in [-0.4, -0.2) is 22.2 Å². The second-order valence-electron chi connectivity index (χ2n) is 5.07. The molecule has 0 saturated carbocycles. The van der Waals surface area contributed by atoms with E-state index < -0.39 is 15.9 Å². The molecular formula is C17H14Cl3NO3. The van der Waals surface area contributed by atoms with Crippen molar-refractivity contribution < 1.29 is 14.3 Å². The number of benzene rings is 2. The Bertz CT molecular complexity index is 709. The number of ether oxygens (including phenoxy) is 1. The molecule has 1 N–H and O–H groups in total. The molecule has 0 heterocycles. The molecule has 0 aliphatic carbocycles. The summed E-state index contributed by atoms with van der Waals surface area (Å²) >= 11 is 17.7. The van der Waals surface area contributed by atoms with Crippen molar-refractivity contribution in [3.8, 4) is 5.75 Å². The van der Waals surface area contributed by atoms with Gasteiger partial charge in [-0.25, -0.2) is 0 Å². The molecule has 2 aromatic carbocycles. The summed E-state index contributed by atoms with van der Waals surface area (Å²) in [6.07, 6.45) is -0.506. The van der Waals surface area contributed by atoms with Crippen LogP contribution in [0.5, 0.6) is 5.75 Å². The van der Waals surface area contributed by atoms with Gasteiger partial charge in [0, 0.05) is 11.1 Å². The number of nitrogens with one attached hydrogen (secondary N) is 1. The highest BCUT2D eigenvalue weighted by Gasteiger charge is 2.36. The second-order valence-corrected chi connectivity index (χ2v) is 7.43. The van der Waals surface area contributed by atoms with Crippen molar-refractivity contribution in [1.82, 2.24) is 5.32 Å². The minimum absolute atomic E-state index is 0.348. The maximum absolute atomic E-state index is 12.3. The smallest absolute Gasteiger partial charge is 0.254 e. The van der Waals surface area contributed by atoms with Gasteiger partial charge in [0.25, 0.3) is 5.91 Å². The van der Waals surface area contributed by atoms with Gasteiger partial charge in [-0.3, -0.25) is 9.59 Å². The van der Waals surface area contributed by atoms with Crippen LogP contribution < -0.4 is 10.1 Å². The van der Waals surface area contributed by atoms with Crippen molar-refractivity contribution in [1.29, 1.82) is 0 Å². The minimum atomic E-state index is -1.89. The molecular weight excluding hydrogens is 373 g/mol. The lowest BCUT2D eigenvalue weighted by Gasteiger charge is -2.26. The molecule has 2 aromatic rings. The topological polar surface area (TPSA) is 55.4 Å². The van der Waals surface area contributed by atoms with Gasteiger partial charge in [0.05, 0.1) is 0 Å². The predicted molar refractivity (Wildman–Crippen MR) is 95.2 cm³/mol. The summed E-state index contributed by atoms with van der Waals surface area (Å²) in [7, 11) is 0. The number of halogens is 3. The first kappa shape index (κ1) is 18.6. The number of aldehydes is 1. The monoisotopic (exact) mass is 385 g/mol. The molecule has 0 aliphatic rings. The van der Waals surface area contributed by atoms with Crippen LogP contribution in [0.1, 0.15) is 26.3 Å². The molecule has 0 radical (unpaired) electrons. The maximum atomic E-state index is 12.3. The van der Waals surface area contributed by atoms with Gasteiger partial charge in [-0.05, 0) is 43.3 Å². The summed E-state index contributed by atoms with van der Waals surface area (Å²) in [5, 5.41) is 2.54. The lowest BCUT2D eigenvalue weighted by molar-refractivity contribution is 0.0833. The van der Waals surface area contributed by atoms with Gasteiger partial charge >= 0.3 is 0 Å². The Balaban J connectivity index is 2.14. The zero-order valence-electron chi connectivity index (χ0n) is 12.6. The second kappa shape index (κ2) is 7.88. The quantitative estimate of drug-likeness (QED) is 0.473. The number of carbonyl (C=O) groups excluding carboxylic acids is 2. The third kappa shape index (κ3) is 5.13. The summed E-state index contributed by atoms with van der Waals surface area (Å²) in [5.74, 6) is -0.0861. The van der Waals surface area contributed by atoms with Crippen molar-refractivity contribution in [2.75, 3.05) is 0 Å². The Morgan fingerprint density at radius 3 is 2.17 bits per heavy atom. The van der Waals surface area contributed by atoms with Gasteiger partial charge in [0.1, 0.15) is 12.0 Å². The Morgan fingerprint density at radius 2 is 1.67 bits per heavy atom. The maximum Gasteiger partial charge on any atom is 0.254 e. The van der Waals surface area contributed by atoms with Gasteiger partial charge in [-0.1, -0.05) is 52.5 Å². The lowest BCUT2D eigenvalue weighted by atomic mass is 10.1. The van der Waals surface area contributed by atoms with E-state index in [1.807, 2.05) is 6.92 Å². The summed E-state index contributed by atoms with van der Waals surface area (Å²) in [4.78, 5) is 23.0. The third-order valence-corrected chi connectivity index (χ3v) is 3.74. The fourth-order valence-electron chi connectivity index (χ4n) is 1.85. The fraction of sp³-hybridized carbons (Fsp3) is 0.176. The first-order valence-corrected chi connectivity index (χ1v) is 8.09. The standard InChI is InChI=1S/C17H14Cl3NO3/c1-11-2-6-13(7-3-11)15(23)21-16(17(18,19)20)24-14-8-4-12(10-22)5-9-14/h2-10,16H,1H3,(H,21,23)/t16-/m1/s1. The molecule has 0 unspecified atom stereocenters. The zero-order chi connectivity index (χ0) is 17.7. The molecule has 0 spiro atoms. The molecule has 1 amide bonds. The zero-order valence-corrected chi connectivity index (χ0v) is 14.9. The van der Waals surface area contributed by atoms with Crippen molar-refractivity contribution >= 4 is 47.0 Å². The van der Waals surface area contributed by atoms with Crippen LogP contribution in [0.3, 0.4) is 0 Å². The number of rotatable bonds is 5. The summed E-state index contributed by atoms with van der Waals surface area (Å²) < 4.78 is 3.67. The van der Waals surface area contributed by atoms with E-state index in [1.165, 1.54) is 0 Å². The highest BCUT2D eigenvalue weighted by atomic mass is 35.6. The first-order chi connectivity index (χ1) is 11.3. The lowest BCUT2D eigenvalue weighted by Crippen LogP contribution is -2.47. The number of hydrogen-bond donors (Lipinski definition) is 1. The van der Waals surface area contributed by atoms with Gasteiger partial charge < -0.3 is 10.1 Å². The molecule has 0 aliphatic heterocycles. The average Bonchev–Trinajstić information content (AvgIpc) is 2.54. The average molecular weight is 387 g/mol. The number of amides is 1. The van der Waals surface area contributed by atoms with Crippen LogP contribution in [0.2, 0.25) is 0 Å². The van der Waals surface area contributed by atoms with Crippen LogP contribution in [0.25, 0.3) is 0 Å². The Morgan fingerprint density at radius 1 is 1.08 bits per heavy atom. The number of aryl methyl sites for hydroxylation is 1. The van der Waals surface area contributed by atoms with Crippen LogP contribution in [-0.2, 0) is 0 Å². The first-order valence-electron chi connectivity index (χ1n) is 6.96. The summed E-state index contributed by atoms with van der Waals surface area (Å²) in [5.41, 5.74) is 1.92. The molecule has 4 nitrogen and oxygen atoms in total. The number of hydrogen-bond acceptors (Lipinski definition) is 3. The van der Waals surface area contributed by atoms with Crippen LogP contribution >= 0.6 is 34.8 Å². The summed E-state index contributed by atoms with van der Waals surface area (Å²) in [6.45, 7) is 1.91. The van der Waals surface area contributed by atoms with Gasteiger partial charge in [0.15, 0.2) is 0 Å². The van der Waals surface area contributed by atoms with E-state index in [9.17, 15) is 9.59 Å². The third-order valence-electron chi connectivity index (χ3n) is 3.14. The van der Waals surface area contributed by atoms with Gasteiger partial charge in [-0.15, -0.1) is 0 Å². The molecule has 0 fully saturated rings. The van der Waals surface area contributed by atoms with E-state index in [1.54, 1.807) is 48.5 Å². The van der Waals surface area contributed by atoms with Crippen LogP contribution in [0.4, 0.5) is 0 Å². The molecule has 0 saturated heterocycles. The Kier molecular flexibility index (Phi) is 6.10. The molecule has 126 valence electrons. The van der Waals surface area contributed by atoms with E-state index in [0.717, 1.165) is 5.56 Å². The highest BCUT2D eigenvalue weighted by Crippen LogP contribution is 2.32. The van der Waals surface area contributed by atoms with Crippen molar-refractivity contribution in [2.24, 2.45) is 0 Å². The van der Waals surface area contributed by atoms with Crippen LogP contribution in [0.15, 0.2) is 48.5 Å². The van der Waals surface area contributed by atoms with Crippen molar-refractivity contribution in [3.63, 3.8) is 0 Å². The number of alkyl halides is 3. The molecule has 2 rings (SSSR count). The molecule has 1 atom stereocenters. The molecule has 7 heteroatoms. The largest absolute Gasteiger partial charge is 0.466 e. The normalized spacial score (nSPS) is 12.3. The van der Waals surface area contributed by atoms with Crippen molar-refractivity contribution in [2.45, 2.75) is 16.9 Å². The Hall–Kier alpha value is -1.75. The van der Waals surface area contributed by atoms with E-state index in [2.05, 4.69) is 5.32 Å². The molecule has 0 aromatic heterocycles. The van der Waals surface area contributed by atoms with E-state index in [4.69, 9.17) is 39.5 Å².